The molecule has 0 saturated carbocycles. The molecule has 2 rings (SSSR count). The molecule has 0 amide bonds. The quantitative estimate of drug-likeness (QED) is 0.784. The predicted octanol–water partition coefficient (Wildman–Crippen LogP) is 2.42. The normalized spacial score (nSPS) is 11.6. The Morgan fingerprint density at radius 1 is 1.24 bits per heavy atom. The molecule has 0 unspecified atom stereocenters. The maximum atomic E-state index is 10.8. The summed E-state index contributed by atoms with van der Waals surface area (Å²) in [5, 5.41) is 0. The number of hydrogen-bond acceptors (Lipinski definition) is 4. The van der Waals surface area contributed by atoms with E-state index in [0.717, 1.165) is 11.8 Å². The van der Waals surface area contributed by atoms with Gasteiger partial charge in [-0.05, 0) is 6.07 Å². The van der Waals surface area contributed by atoms with Crippen molar-refractivity contribution in [1.82, 2.24) is 0 Å². The van der Waals surface area contributed by atoms with Gasteiger partial charge in [0.2, 0.25) is 0 Å². The van der Waals surface area contributed by atoms with Gasteiger partial charge in [-0.3, -0.25) is 4.18 Å². The smallest absolute Gasteiger partial charge is 0.264 e. The SMILES string of the molecule is CS(=O)(=O)OCc1coc(-c2ccccc2)c1. The van der Waals surface area contributed by atoms with Gasteiger partial charge < -0.3 is 4.42 Å². The largest absolute Gasteiger partial charge is 0.464 e. The van der Waals surface area contributed by atoms with Gasteiger partial charge in [0.05, 0.1) is 19.1 Å². The van der Waals surface area contributed by atoms with E-state index in [-0.39, 0.29) is 6.61 Å². The summed E-state index contributed by atoms with van der Waals surface area (Å²) in [4.78, 5) is 0. The second-order valence-corrected chi connectivity index (χ2v) is 5.30. The second kappa shape index (κ2) is 4.73. The molecule has 0 fully saturated rings. The Kier molecular flexibility index (Phi) is 3.31. The van der Waals surface area contributed by atoms with Crippen molar-refractivity contribution in [3.63, 3.8) is 0 Å². The number of hydrogen-bond donors (Lipinski definition) is 0. The molecule has 0 aliphatic heterocycles. The van der Waals surface area contributed by atoms with Crippen molar-refractivity contribution in [3.05, 3.63) is 48.2 Å². The first-order valence-electron chi connectivity index (χ1n) is 5.02. The van der Waals surface area contributed by atoms with Crippen LogP contribution < -0.4 is 0 Å². The van der Waals surface area contributed by atoms with Crippen LogP contribution in [0.3, 0.4) is 0 Å². The van der Waals surface area contributed by atoms with Crippen molar-refractivity contribution in [2.75, 3.05) is 6.26 Å². The summed E-state index contributed by atoms with van der Waals surface area (Å²) in [6, 6.07) is 11.3. The Bertz CT molecular complexity index is 584. The molecule has 0 spiro atoms. The molecule has 17 heavy (non-hydrogen) atoms. The van der Waals surface area contributed by atoms with Crippen LogP contribution in [0.2, 0.25) is 0 Å². The summed E-state index contributed by atoms with van der Waals surface area (Å²) in [5.41, 5.74) is 1.63. The van der Waals surface area contributed by atoms with Crippen molar-refractivity contribution >= 4 is 10.1 Å². The first-order valence-corrected chi connectivity index (χ1v) is 6.83. The third kappa shape index (κ3) is 3.44. The highest BCUT2D eigenvalue weighted by atomic mass is 32.2. The third-order valence-electron chi connectivity index (χ3n) is 2.15. The zero-order valence-electron chi connectivity index (χ0n) is 9.29. The van der Waals surface area contributed by atoms with Gasteiger partial charge in [-0.25, -0.2) is 0 Å². The maximum absolute atomic E-state index is 10.8. The lowest BCUT2D eigenvalue weighted by molar-refractivity contribution is 0.310. The van der Waals surface area contributed by atoms with Crippen LogP contribution in [0.1, 0.15) is 5.56 Å². The summed E-state index contributed by atoms with van der Waals surface area (Å²) in [5.74, 6) is 0.692. The number of furan rings is 1. The Morgan fingerprint density at radius 3 is 2.59 bits per heavy atom. The lowest BCUT2D eigenvalue weighted by atomic mass is 10.1. The van der Waals surface area contributed by atoms with E-state index in [1.54, 1.807) is 6.07 Å². The molecule has 1 aromatic heterocycles. The lowest BCUT2D eigenvalue weighted by Gasteiger charge is -1.96. The first-order chi connectivity index (χ1) is 8.04. The topological polar surface area (TPSA) is 56.5 Å². The summed E-state index contributed by atoms with van der Waals surface area (Å²) in [7, 11) is -3.42. The second-order valence-electron chi connectivity index (χ2n) is 3.65. The zero-order valence-corrected chi connectivity index (χ0v) is 10.1. The molecule has 1 aromatic carbocycles. The average Bonchev–Trinajstić information content (AvgIpc) is 2.75. The van der Waals surface area contributed by atoms with E-state index in [9.17, 15) is 8.42 Å². The molecule has 0 bridgehead atoms. The fraction of sp³-hybridized carbons (Fsp3) is 0.167. The van der Waals surface area contributed by atoms with E-state index in [0.29, 0.717) is 11.3 Å². The van der Waals surface area contributed by atoms with Crippen LogP contribution in [0.15, 0.2) is 47.1 Å². The fourth-order valence-electron chi connectivity index (χ4n) is 1.38. The summed E-state index contributed by atoms with van der Waals surface area (Å²) in [6.07, 6.45) is 2.51. The zero-order chi connectivity index (χ0) is 12.3. The van der Waals surface area contributed by atoms with Crippen LogP contribution in [-0.4, -0.2) is 14.7 Å². The molecule has 0 aliphatic carbocycles. The van der Waals surface area contributed by atoms with Crippen molar-refractivity contribution in [3.8, 4) is 11.3 Å². The summed E-state index contributed by atoms with van der Waals surface area (Å²) in [6.45, 7) is -0.00479. The molecule has 5 heteroatoms. The van der Waals surface area contributed by atoms with Gasteiger partial charge >= 0.3 is 0 Å². The number of rotatable bonds is 4. The summed E-state index contributed by atoms with van der Waals surface area (Å²) >= 11 is 0. The number of benzene rings is 1. The third-order valence-corrected chi connectivity index (χ3v) is 2.70. The molecule has 2 aromatic rings. The van der Waals surface area contributed by atoms with E-state index in [1.165, 1.54) is 6.26 Å². The molecule has 4 nitrogen and oxygen atoms in total. The van der Waals surface area contributed by atoms with Gasteiger partial charge in [0, 0.05) is 11.1 Å². The highest BCUT2D eigenvalue weighted by molar-refractivity contribution is 7.85. The highest BCUT2D eigenvalue weighted by Crippen LogP contribution is 2.22. The van der Waals surface area contributed by atoms with Crippen LogP contribution in [0.4, 0.5) is 0 Å². The Hall–Kier alpha value is -1.59. The van der Waals surface area contributed by atoms with E-state index < -0.39 is 10.1 Å². The minimum Gasteiger partial charge on any atom is -0.464 e. The Labute approximate surface area is 100.0 Å². The van der Waals surface area contributed by atoms with E-state index in [4.69, 9.17) is 4.42 Å². The Balaban J connectivity index is 2.12. The Morgan fingerprint density at radius 2 is 1.94 bits per heavy atom. The van der Waals surface area contributed by atoms with Gasteiger partial charge in [-0.15, -0.1) is 0 Å². The molecule has 0 radical (unpaired) electrons. The molecule has 0 aliphatic rings. The van der Waals surface area contributed by atoms with Crippen LogP contribution in [0, 0.1) is 0 Å². The molecule has 1 heterocycles. The molecule has 90 valence electrons. The molecular formula is C12H12O4S. The standard InChI is InChI=1S/C12H12O4S/c1-17(13,14)16-9-10-7-12(15-8-10)11-5-3-2-4-6-11/h2-8H,9H2,1H3. The minimum absolute atomic E-state index is 0.00479. The average molecular weight is 252 g/mol. The highest BCUT2D eigenvalue weighted by Gasteiger charge is 2.07. The monoisotopic (exact) mass is 252 g/mol. The van der Waals surface area contributed by atoms with Gasteiger partial charge in [0.15, 0.2) is 0 Å². The van der Waals surface area contributed by atoms with Gasteiger partial charge in [-0.2, -0.15) is 8.42 Å². The molecular weight excluding hydrogens is 240 g/mol. The van der Waals surface area contributed by atoms with Crippen molar-refractivity contribution < 1.29 is 17.0 Å². The van der Waals surface area contributed by atoms with Gasteiger partial charge in [0.1, 0.15) is 5.76 Å². The van der Waals surface area contributed by atoms with Crippen LogP contribution in [0.25, 0.3) is 11.3 Å². The summed E-state index contributed by atoms with van der Waals surface area (Å²) < 4.78 is 31.7. The lowest BCUT2D eigenvalue weighted by Crippen LogP contribution is -2.01. The fourth-order valence-corrected chi connectivity index (χ4v) is 1.73. The minimum atomic E-state index is -3.42. The van der Waals surface area contributed by atoms with Crippen LogP contribution >= 0.6 is 0 Å². The van der Waals surface area contributed by atoms with Crippen molar-refractivity contribution in [2.24, 2.45) is 0 Å². The van der Waals surface area contributed by atoms with Crippen molar-refractivity contribution in [1.29, 1.82) is 0 Å². The van der Waals surface area contributed by atoms with Gasteiger partial charge in [0.25, 0.3) is 10.1 Å². The molecule has 0 saturated heterocycles. The van der Waals surface area contributed by atoms with Gasteiger partial charge in [-0.1, -0.05) is 30.3 Å². The molecule has 0 atom stereocenters. The van der Waals surface area contributed by atoms with Crippen molar-refractivity contribution in [2.45, 2.75) is 6.61 Å². The molecule has 0 N–H and O–H groups in total. The van der Waals surface area contributed by atoms with Crippen LogP contribution in [-0.2, 0) is 20.9 Å². The predicted molar refractivity (Wildman–Crippen MR) is 63.8 cm³/mol. The maximum Gasteiger partial charge on any atom is 0.264 e. The van der Waals surface area contributed by atoms with Crippen LogP contribution in [0.5, 0.6) is 0 Å². The van der Waals surface area contributed by atoms with E-state index in [2.05, 4.69) is 4.18 Å². The van der Waals surface area contributed by atoms with E-state index >= 15 is 0 Å². The van der Waals surface area contributed by atoms with E-state index in [1.807, 2.05) is 30.3 Å². The first kappa shape index (κ1) is 11.9.